The minimum absolute atomic E-state index is 0.0907. The zero-order valence-corrected chi connectivity index (χ0v) is 12.3. The Morgan fingerprint density at radius 2 is 1.80 bits per heavy atom. The van der Waals surface area contributed by atoms with E-state index in [0.29, 0.717) is 10.8 Å². The number of carbonyl (C=O) groups is 1. The summed E-state index contributed by atoms with van der Waals surface area (Å²) in [7, 11) is 0. The van der Waals surface area contributed by atoms with E-state index in [-0.39, 0.29) is 11.3 Å². The first-order chi connectivity index (χ1) is 9.38. The number of rotatable bonds is 3. The molecule has 0 aliphatic heterocycles. The molecule has 0 saturated heterocycles. The Labute approximate surface area is 122 Å². The predicted molar refractivity (Wildman–Crippen MR) is 79.1 cm³/mol. The Morgan fingerprint density at radius 3 is 2.45 bits per heavy atom. The summed E-state index contributed by atoms with van der Waals surface area (Å²) in [6.07, 6.45) is 0. The van der Waals surface area contributed by atoms with Crippen LogP contribution in [0.15, 0.2) is 30.3 Å². The van der Waals surface area contributed by atoms with Gasteiger partial charge in [-0.2, -0.15) is 0 Å². The lowest BCUT2D eigenvalue weighted by Crippen LogP contribution is -2.01. The molecule has 20 heavy (non-hydrogen) atoms. The van der Waals surface area contributed by atoms with E-state index in [1.807, 2.05) is 26.8 Å². The third-order valence-electron chi connectivity index (χ3n) is 3.16. The van der Waals surface area contributed by atoms with Gasteiger partial charge in [0, 0.05) is 11.1 Å². The van der Waals surface area contributed by atoms with E-state index < -0.39 is 5.97 Å². The summed E-state index contributed by atoms with van der Waals surface area (Å²) in [5, 5.41) is 9.63. The maximum Gasteiger partial charge on any atom is 0.339 e. The number of aryl methyl sites for hydroxylation is 2. The van der Waals surface area contributed by atoms with Gasteiger partial charge in [0.2, 0.25) is 0 Å². The summed E-state index contributed by atoms with van der Waals surface area (Å²) in [6.45, 7) is 5.90. The van der Waals surface area contributed by atoms with Crippen LogP contribution in [-0.2, 0) is 0 Å². The van der Waals surface area contributed by atoms with Crippen molar-refractivity contribution in [1.29, 1.82) is 0 Å². The SMILES string of the molecule is Cc1cc(C)c(C)c(Oc2cc(Cl)ccc2C(=O)O)c1. The summed E-state index contributed by atoms with van der Waals surface area (Å²) in [5.74, 6) is -0.149. The van der Waals surface area contributed by atoms with Crippen LogP contribution in [0.5, 0.6) is 11.5 Å². The minimum Gasteiger partial charge on any atom is -0.478 e. The summed E-state index contributed by atoms with van der Waals surface area (Å²) in [4.78, 5) is 11.2. The predicted octanol–water partition coefficient (Wildman–Crippen LogP) is 4.76. The molecule has 1 N–H and O–H groups in total. The molecule has 0 atom stereocenters. The standard InChI is InChI=1S/C16H15ClO3/c1-9-6-10(2)11(3)14(7-9)20-15-8-12(17)4-5-13(15)16(18)19/h4-8H,1-3H3,(H,18,19). The van der Waals surface area contributed by atoms with Crippen molar-refractivity contribution in [2.75, 3.05) is 0 Å². The van der Waals surface area contributed by atoms with E-state index in [4.69, 9.17) is 16.3 Å². The lowest BCUT2D eigenvalue weighted by atomic mass is 10.1. The van der Waals surface area contributed by atoms with E-state index >= 15 is 0 Å². The quantitative estimate of drug-likeness (QED) is 0.887. The molecule has 0 amide bonds. The molecule has 4 heteroatoms. The Morgan fingerprint density at radius 1 is 1.10 bits per heavy atom. The number of halogens is 1. The highest BCUT2D eigenvalue weighted by Gasteiger charge is 2.14. The average Bonchev–Trinajstić information content (AvgIpc) is 2.35. The smallest absolute Gasteiger partial charge is 0.339 e. The molecule has 0 fully saturated rings. The molecular weight excluding hydrogens is 276 g/mol. The number of aromatic carboxylic acids is 1. The second-order valence-electron chi connectivity index (χ2n) is 4.75. The van der Waals surface area contributed by atoms with Crippen molar-refractivity contribution in [3.8, 4) is 11.5 Å². The monoisotopic (exact) mass is 290 g/mol. The maximum absolute atomic E-state index is 11.2. The Hall–Kier alpha value is -2.00. The number of hydrogen-bond acceptors (Lipinski definition) is 2. The van der Waals surface area contributed by atoms with Gasteiger partial charge in [0.15, 0.2) is 0 Å². The van der Waals surface area contributed by atoms with Crippen molar-refractivity contribution in [1.82, 2.24) is 0 Å². The van der Waals surface area contributed by atoms with E-state index in [9.17, 15) is 9.90 Å². The highest BCUT2D eigenvalue weighted by Crippen LogP contribution is 2.32. The molecule has 0 aromatic heterocycles. The number of hydrogen-bond donors (Lipinski definition) is 1. The van der Waals surface area contributed by atoms with Crippen LogP contribution in [-0.4, -0.2) is 11.1 Å². The molecule has 104 valence electrons. The van der Waals surface area contributed by atoms with Crippen molar-refractivity contribution in [2.24, 2.45) is 0 Å². The third kappa shape index (κ3) is 2.94. The van der Waals surface area contributed by atoms with Crippen molar-refractivity contribution >= 4 is 17.6 Å². The van der Waals surface area contributed by atoms with Gasteiger partial charge in [-0.1, -0.05) is 17.7 Å². The Balaban J connectivity index is 2.50. The van der Waals surface area contributed by atoms with Crippen LogP contribution in [0.25, 0.3) is 0 Å². The van der Waals surface area contributed by atoms with E-state index in [2.05, 4.69) is 6.07 Å². The second kappa shape index (κ2) is 5.55. The zero-order chi connectivity index (χ0) is 14.9. The van der Waals surface area contributed by atoms with Crippen molar-refractivity contribution in [3.63, 3.8) is 0 Å². The van der Waals surface area contributed by atoms with Gasteiger partial charge in [-0.15, -0.1) is 0 Å². The average molecular weight is 291 g/mol. The molecule has 0 saturated carbocycles. The molecular formula is C16H15ClO3. The first-order valence-corrected chi connectivity index (χ1v) is 6.55. The van der Waals surface area contributed by atoms with Crippen LogP contribution >= 0.6 is 11.6 Å². The van der Waals surface area contributed by atoms with E-state index in [0.717, 1.165) is 16.7 Å². The summed E-state index contributed by atoms with van der Waals surface area (Å²) >= 11 is 5.92. The van der Waals surface area contributed by atoms with Gasteiger partial charge in [0.05, 0.1) is 0 Å². The first-order valence-electron chi connectivity index (χ1n) is 6.17. The summed E-state index contributed by atoms with van der Waals surface area (Å²) in [6, 6.07) is 8.43. The Kier molecular flexibility index (Phi) is 4.00. The topological polar surface area (TPSA) is 46.5 Å². The zero-order valence-electron chi connectivity index (χ0n) is 11.5. The normalized spacial score (nSPS) is 10.4. The molecule has 0 spiro atoms. The number of benzene rings is 2. The second-order valence-corrected chi connectivity index (χ2v) is 5.19. The van der Waals surface area contributed by atoms with Crippen LogP contribution in [0.4, 0.5) is 0 Å². The minimum atomic E-state index is -1.04. The third-order valence-corrected chi connectivity index (χ3v) is 3.39. The fourth-order valence-corrected chi connectivity index (χ4v) is 2.14. The summed E-state index contributed by atoms with van der Waals surface area (Å²) < 4.78 is 5.78. The molecule has 3 nitrogen and oxygen atoms in total. The first kappa shape index (κ1) is 14.4. The molecule has 0 aliphatic carbocycles. The van der Waals surface area contributed by atoms with Gasteiger partial charge < -0.3 is 9.84 Å². The molecule has 0 unspecified atom stereocenters. The van der Waals surface area contributed by atoms with Gasteiger partial charge in [-0.05, 0) is 55.7 Å². The highest BCUT2D eigenvalue weighted by atomic mass is 35.5. The fraction of sp³-hybridized carbons (Fsp3) is 0.188. The molecule has 2 rings (SSSR count). The van der Waals surface area contributed by atoms with Gasteiger partial charge in [-0.25, -0.2) is 4.79 Å². The van der Waals surface area contributed by atoms with Crippen LogP contribution in [0, 0.1) is 20.8 Å². The lowest BCUT2D eigenvalue weighted by Gasteiger charge is -2.14. The van der Waals surface area contributed by atoms with Crippen molar-refractivity contribution in [2.45, 2.75) is 20.8 Å². The van der Waals surface area contributed by atoms with Crippen LogP contribution < -0.4 is 4.74 Å². The van der Waals surface area contributed by atoms with E-state index in [1.54, 1.807) is 0 Å². The highest BCUT2D eigenvalue weighted by molar-refractivity contribution is 6.30. The van der Waals surface area contributed by atoms with Gasteiger partial charge in [0.1, 0.15) is 17.1 Å². The molecule has 0 aliphatic rings. The van der Waals surface area contributed by atoms with E-state index in [1.165, 1.54) is 18.2 Å². The van der Waals surface area contributed by atoms with Gasteiger partial charge >= 0.3 is 5.97 Å². The van der Waals surface area contributed by atoms with Crippen molar-refractivity contribution in [3.05, 3.63) is 57.6 Å². The molecule has 2 aromatic carbocycles. The largest absolute Gasteiger partial charge is 0.478 e. The van der Waals surface area contributed by atoms with Gasteiger partial charge in [-0.3, -0.25) is 0 Å². The molecule has 0 radical (unpaired) electrons. The fourth-order valence-electron chi connectivity index (χ4n) is 1.98. The number of carboxylic acids is 1. The summed E-state index contributed by atoms with van der Waals surface area (Å²) in [5.41, 5.74) is 3.22. The van der Waals surface area contributed by atoms with Gasteiger partial charge in [0.25, 0.3) is 0 Å². The number of carboxylic acid groups (broad SMARTS) is 1. The van der Waals surface area contributed by atoms with Crippen LogP contribution in [0.2, 0.25) is 5.02 Å². The number of ether oxygens (including phenoxy) is 1. The maximum atomic E-state index is 11.2. The molecule has 0 heterocycles. The molecule has 0 bridgehead atoms. The van der Waals surface area contributed by atoms with Crippen molar-refractivity contribution < 1.29 is 14.6 Å². The van der Waals surface area contributed by atoms with Crippen LogP contribution in [0.3, 0.4) is 0 Å². The Bertz CT molecular complexity index is 678. The molecule has 2 aromatic rings. The lowest BCUT2D eigenvalue weighted by molar-refractivity contribution is 0.0694. The van der Waals surface area contributed by atoms with Crippen LogP contribution in [0.1, 0.15) is 27.0 Å².